The summed E-state index contributed by atoms with van der Waals surface area (Å²) in [6.07, 6.45) is 2.64. The predicted molar refractivity (Wildman–Crippen MR) is 60.4 cm³/mol. The van der Waals surface area contributed by atoms with Crippen LogP contribution >= 0.6 is 0 Å². The quantitative estimate of drug-likeness (QED) is 0.782. The molecule has 0 aromatic carbocycles. The maximum absolute atomic E-state index is 11.9. The van der Waals surface area contributed by atoms with Gasteiger partial charge < -0.3 is 14.7 Å². The molecule has 3 atom stereocenters. The summed E-state index contributed by atoms with van der Waals surface area (Å²) in [5.41, 5.74) is 0. The summed E-state index contributed by atoms with van der Waals surface area (Å²) in [5, 5.41) is 8.79. The van der Waals surface area contributed by atoms with Crippen LogP contribution in [0.2, 0.25) is 0 Å². The van der Waals surface area contributed by atoms with Crippen LogP contribution in [0.5, 0.6) is 0 Å². The molecule has 96 valence electrons. The molecule has 0 spiro atoms. The monoisotopic (exact) mass is 241 g/mol. The third-order valence-corrected chi connectivity index (χ3v) is 3.59. The first-order valence-electron chi connectivity index (χ1n) is 6.15. The van der Waals surface area contributed by atoms with Crippen molar-refractivity contribution in [2.45, 2.75) is 19.3 Å². The third-order valence-electron chi connectivity index (χ3n) is 3.59. The van der Waals surface area contributed by atoms with Gasteiger partial charge >= 0.3 is 5.97 Å². The molecule has 1 heterocycles. The minimum Gasteiger partial charge on any atom is -0.481 e. The van der Waals surface area contributed by atoms with E-state index in [1.807, 2.05) is 0 Å². The van der Waals surface area contributed by atoms with E-state index in [0.717, 1.165) is 19.4 Å². The van der Waals surface area contributed by atoms with Gasteiger partial charge in [-0.3, -0.25) is 9.59 Å². The number of hydrogen-bond acceptors (Lipinski definition) is 3. The standard InChI is InChI=1S/C12H19NO4/c1-13(6-8-3-2-4-17-7-8)11(14)9-5-10(9)12(15)16/h8-10H,2-7H2,1H3,(H,15,16)/t8?,9-,10+/m1/s1. The topological polar surface area (TPSA) is 66.8 Å². The minimum absolute atomic E-state index is 0.0250. The fraction of sp³-hybridized carbons (Fsp3) is 0.833. The van der Waals surface area contributed by atoms with Crippen molar-refractivity contribution in [3.05, 3.63) is 0 Å². The lowest BCUT2D eigenvalue weighted by Crippen LogP contribution is -2.36. The summed E-state index contributed by atoms with van der Waals surface area (Å²) in [5.74, 6) is -1.21. The fourth-order valence-electron chi connectivity index (χ4n) is 2.45. The van der Waals surface area contributed by atoms with E-state index >= 15 is 0 Å². The zero-order chi connectivity index (χ0) is 12.4. The Balaban J connectivity index is 1.77. The lowest BCUT2D eigenvalue weighted by atomic mass is 10.0. The van der Waals surface area contributed by atoms with E-state index in [9.17, 15) is 9.59 Å². The Morgan fingerprint density at radius 2 is 2.18 bits per heavy atom. The molecule has 1 N–H and O–H groups in total. The lowest BCUT2D eigenvalue weighted by Gasteiger charge is -2.27. The summed E-state index contributed by atoms with van der Waals surface area (Å²) in [4.78, 5) is 24.3. The van der Waals surface area contributed by atoms with Gasteiger partial charge in [0, 0.05) is 20.2 Å². The van der Waals surface area contributed by atoms with Gasteiger partial charge in [-0.1, -0.05) is 0 Å². The van der Waals surface area contributed by atoms with Crippen molar-refractivity contribution in [1.29, 1.82) is 0 Å². The summed E-state index contributed by atoms with van der Waals surface area (Å²) in [6.45, 7) is 2.21. The Kier molecular flexibility index (Phi) is 3.66. The van der Waals surface area contributed by atoms with Crippen molar-refractivity contribution < 1.29 is 19.4 Å². The molecule has 0 radical (unpaired) electrons. The molecule has 0 bridgehead atoms. The number of ether oxygens (including phenoxy) is 1. The van der Waals surface area contributed by atoms with Crippen LogP contribution in [0, 0.1) is 17.8 Å². The Hall–Kier alpha value is -1.10. The number of aliphatic carboxylic acids is 1. The number of hydrogen-bond donors (Lipinski definition) is 1. The van der Waals surface area contributed by atoms with Crippen molar-refractivity contribution in [2.75, 3.05) is 26.8 Å². The molecule has 1 saturated heterocycles. The number of carboxylic acids is 1. The Labute approximate surface area is 101 Å². The number of amides is 1. The average Bonchev–Trinajstić information content (AvgIpc) is 3.09. The van der Waals surface area contributed by atoms with Crippen LogP contribution in [0.25, 0.3) is 0 Å². The molecular weight excluding hydrogens is 222 g/mol. The summed E-state index contributed by atoms with van der Waals surface area (Å²) in [7, 11) is 1.76. The van der Waals surface area contributed by atoms with Gasteiger partial charge in [-0.15, -0.1) is 0 Å². The van der Waals surface area contributed by atoms with Crippen molar-refractivity contribution in [3.8, 4) is 0 Å². The largest absolute Gasteiger partial charge is 0.481 e. The maximum atomic E-state index is 11.9. The van der Waals surface area contributed by atoms with Crippen molar-refractivity contribution in [2.24, 2.45) is 17.8 Å². The van der Waals surface area contributed by atoms with Crippen LogP contribution < -0.4 is 0 Å². The molecule has 17 heavy (non-hydrogen) atoms. The molecular formula is C12H19NO4. The minimum atomic E-state index is -0.849. The zero-order valence-corrected chi connectivity index (χ0v) is 10.1. The highest BCUT2D eigenvalue weighted by Crippen LogP contribution is 2.40. The SMILES string of the molecule is CN(CC1CCCOC1)C(=O)[C@@H]1C[C@@H]1C(=O)O. The van der Waals surface area contributed by atoms with E-state index in [1.165, 1.54) is 0 Å². The van der Waals surface area contributed by atoms with Crippen LogP contribution in [0.3, 0.4) is 0 Å². The van der Waals surface area contributed by atoms with Crippen LogP contribution in [0.1, 0.15) is 19.3 Å². The van der Waals surface area contributed by atoms with Gasteiger partial charge in [0.05, 0.1) is 18.4 Å². The molecule has 5 heteroatoms. The smallest absolute Gasteiger partial charge is 0.307 e. The van der Waals surface area contributed by atoms with E-state index in [2.05, 4.69) is 0 Å². The summed E-state index contributed by atoms with van der Waals surface area (Å²) < 4.78 is 5.37. The normalized spacial score (nSPS) is 31.9. The molecule has 2 fully saturated rings. The number of nitrogens with zero attached hydrogens (tertiary/aromatic N) is 1. The molecule has 1 saturated carbocycles. The third kappa shape index (κ3) is 2.97. The number of rotatable bonds is 4. The molecule has 1 aliphatic carbocycles. The van der Waals surface area contributed by atoms with Gasteiger partial charge in [0.15, 0.2) is 0 Å². The van der Waals surface area contributed by atoms with Gasteiger partial charge in [0.2, 0.25) is 5.91 Å². The zero-order valence-electron chi connectivity index (χ0n) is 10.1. The lowest BCUT2D eigenvalue weighted by molar-refractivity contribution is -0.141. The average molecular weight is 241 g/mol. The Bertz CT molecular complexity index is 312. The number of carbonyl (C=O) groups excluding carboxylic acids is 1. The highest BCUT2D eigenvalue weighted by Gasteiger charge is 2.49. The number of carbonyl (C=O) groups is 2. The Morgan fingerprint density at radius 1 is 1.41 bits per heavy atom. The second-order valence-corrected chi connectivity index (χ2v) is 5.09. The van der Waals surface area contributed by atoms with Gasteiger partial charge in [-0.25, -0.2) is 0 Å². The summed E-state index contributed by atoms with van der Waals surface area (Å²) >= 11 is 0. The molecule has 2 rings (SSSR count). The van der Waals surface area contributed by atoms with Crippen LogP contribution in [-0.4, -0.2) is 48.7 Å². The van der Waals surface area contributed by atoms with Gasteiger partial charge in [0.1, 0.15) is 0 Å². The second-order valence-electron chi connectivity index (χ2n) is 5.09. The molecule has 0 aromatic heterocycles. The van der Waals surface area contributed by atoms with E-state index in [1.54, 1.807) is 11.9 Å². The van der Waals surface area contributed by atoms with E-state index in [4.69, 9.17) is 9.84 Å². The first-order valence-corrected chi connectivity index (χ1v) is 6.15. The number of carboxylic acid groups (broad SMARTS) is 1. The van der Waals surface area contributed by atoms with E-state index in [-0.39, 0.29) is 11.8 Å². The van der Waals surface area contributed by atoms with E-state index < -0.39 is 11.9 Å². The van der Waals surface area contributed by atoms with Gasteiger partial charge in [-0.2, -0.15) is 0 Å². The predicted octanol–water partition coefficient (Wildman–Crippen LogP) is 0.592. The van der Waals surface area contributed by atoms with Crippen molar-refractivity contribution in [1.82, 2.24) is 4.90 Å². The van der Waals surface area contributed by atoms with Crippen LogP contribution in [-0.2, 0) is 14.3 Å². The Morgan fingerprint density at radius 3 is 2.71 bits per heavy atom. The van der Waals surface area contributed by atoms with E-state index in [0.29, 0.717) is 25.5 Å². The first-order chi connectivity index (χ1) is 8.09. The highest BCUT2D eigenvalue weighted by atomic mass is 16.5. The highest BCUT2D eigenvalue weighted by molar-refractivity contribution is 5.89. The molecule has 1 unspecified atom stereocenters. The molecule has 1 amide bonds. The van der Waals surface area contributed by atoms with Gasteiger partial charge in [-0.05, 0) is 25.2 Å². The molecule has 5 nitrogen and oxygen atoms in total. The van der Waals surface area contributed by atoms with Crippen LogP contribution in [0.4, 0.5) is 0 Å². The van der Waals surface area contributed by atoms with Crippen molar-refractivity contribution >= 4 is 11.9 Å². The fourth-order valence-corrected chi connectivity index (χ4v) is 2.45. The summed E-state index contributed by atoms with van der Waals surface area (Å²) in [6, 6.07) is 0. The second kappa shape index (κ2) is 5.04. The molecule has 2 aliphatic rings. The maximum Gasteiger partial charge on any atom is 0.307 e. The first kappa shape index (κ1) is 12.4. The van der Waals surface area contributed by atoms with Gasteiger partial charge in [0.25, 0.3) is 0 Å². The van der Waals surface area contributed by atoms with Crippen molar-refractivity contribution in [3.63, 3.8) is 0 Å². The molecule has 0 aromatic rings. The molecule has 1 aliphatic heterocycles. The van der Waals surface area contributed by atoms with Crippen LogP contribution in [0.15, 0.2) is 0 Å².